The second-order valence-electron chi connectivity index (χ2n) is 7.61. The Morgan fingerprint density at radius 2 is 2.04 bits per heavy atom. The molecule has 1 aromatic rings. The molecular formula is C16H21N3O4S. The van der Waals surface area contributed by atoms with Gasteiger partial charge in [-0.3, -0.25) is 14.9 Å². The van der Waals surface area contributed by atoms with Gasteiger partial charge in [0.1, 0.15) is 0 Å². The van der Waals surface area contributed by atoms with E-state index < -0.39 is 12.0 Å². The van der Waals surface area contributed by atoms with Crippen LogP contribution in [0.25, 0.3) is 0 Å². The third-order valence-electron chi connectivity index (χ3n) is 6.10. The highest BCUT2D eigenvalue weighted by Gasteiger charge is 2.58. The smallest absolute Gasteiger partial charge is 0.413 e. The summed E-state index contributed by atoms with van der Waals surface area (Å²) in [6, 6.07) is 0. The number of hydrogen-bond acceptors (Lipinski definition) is 5. The number of hydroxylamine groups is 1. The second-order valence-corrected chi connectivity index (χ2v) is 8.45. The minimum absolute atomic E-state index is 0.0572. The predicted molar refractivity (Wildman–Crippen MR) is 87.1 cm³/mol. The monoisotopic (exact) mass is 351 g/mol. The molecule has 0 spiro atoms. The van der Waals surface area contributed by atoms with E-state index in [1.54, 1.807) is 10.9 Å². The third-order valence-corrected chi connectivity index (χ3v) is 7.01. The Morgan fingerprint density at radius 1 is 1.33 bits per heavy atom. The van der Waals surface area contributed by atoms with E-state index in [4.69, 9.17) is 5.21 Å². The number of rotatable bonds is 5. The number of amides is 2. The molecule has 2 atom stereocenters. The highest BCUT2D eigenvalue weighted by Crippen LogP contribution is 2.65. The maximum atomic E-state index is 11.8. The number of anilines is 1. The molecule has 4 saturated carbocycles. The first-order valence-electron chi connectivity index (χ1n) is 8.37. The molecule has 0 saturated heterocycles. The van der Waals surface area contributed by atoms with Crippen LogP contribution in [0.3, 0.4) is 0 Å². The second kappa shape index (κ2) is 5.70. The molecule has 0 radical (unpaired) electrons. The van der Waals surface area contributed by atoms with E-state index in [0.29, 0.717) is 23.3 Å². The Labute approximate surface area is 143 Å². The van der Waals surface area contributed by atoms with Crippen molar-refractivity contribution in [2.24, 2.45) is 23.2 Å². The maximum absolute atomic E-state index is 11.8. The summed E-state index contributed by atoms with van der Waals surface area (Å²) in [5, 5.41) is 20.4. The standard InChI is InChI=1S/C16H21N3O4S/c20-13(18-23)4-12-7-24-14(17-12)19(15(21)22)8-16-5-9-1-10(6-16)3-11(16)2-9/h7,9-11,23H,1-6,8H2,(H,18,20)(H,21,22). The molecule has 2 unspecified atom stereocenters. The molecule has 0 aliphatic heterocycles. The zero-order chi connectivity index (χ0) is 16.9. The summed E-state index contributed by atoms with van der Waals surface area (Å²) >= 11 is 1.24. The SMILES string of the molecule is O=C(Cc1csc(N(CC23CC4CC(CC2C4)C3)C(=O)O)n1)NO. The minimum Gasteiger partial charge on any atom is -0.465 e. The number of carboxylic acid groups (broad SMARTS) is 1. The van der Waals surface area contributed by atoms with E-state index in [-0.39, 0.29) is 11.8 Å². The van der Waals surface area contributed by atoms with Crippen LogP contribution < -0.4 is 10.4 Å². The van der Waals surface area contributed by atoms with Gasteiger partial charge in [0.25, 0.3) is 0 Å². The molecule has 4 fully saturated rings. The normalized spacial score (nSPS) is 33.0. The fraction of sp³-hybridized carbons (Fsp3) is 0.688. The Bertz CT molecular complexity index is 662. The number of thiazole rings is 1. The summed E-state index contributed by atoms with van der Waals surface area (Å²) in [7, 11) is 0. The minimum atomic E-state index is -0.983. The van der Waals surface area contributed by atoms with Crippen LogP contribution in [0.1, 0.15) is 37.8 Å². The average Bonchev–Trinajstić information content (AvgIpc) is 3.15. The lowest BCUT2D eigenvalue weighted by Crippen LogP contribution is -2.41. The van der Waals surface area contributed by atoms with Gasteiger partial charge in [-0.1, -0.05) is 0 Å². The van der Waals surface area contributed by atoms with Gasteiger partial charge < -0.3 is 5.11 Å². The lowest BCUT2D eigenvalue weighted by Gasteiger charge is -2.35. The molecule has 4 aliphatic rings. The summed E-state index contributed by atoms with van der Waals surface area (Å²) in [5.74, 6) is 1.65. The predicted octanol–water partition coefficient (Wildman–Crippen LogP) is 2.50. The largest absolute Gasteiger partial charge is 0.465 e. The fourth-order valence-corrected chi connectivity index (χ4v) is 6.28. The Kier molecular flexibility index (Phi) is 3.76. The number of carbonyl (C=O) groups is 2. The topological polar surface area (TPSA) is 103 Å². The number of aromatic nitrogens is 1. The molecule has 3 N–H and O–H groups in total. The maximum Gasteiger partial charge on any atom is 0.413 e. The molecule has 1 heterocycles. The van der Waals surface area contributed by atoms with Gasteiger partial charge in [-0.25, -0.2) is 15.3 Å². The first kappa shape index (κ1) is 15.8. The number of hydrogen-bond donors (Lipinski definition) is 3. The van der Waals surface area contributed by atoms with E-state index in [1.807, 2.05) is 0 Å². The van der Waals surface area contributed by atoms with Gasteiger partial charge in [0, 0.05) is 11.9 Å². The summed E-state index contributed by atoms with van der Waals surface area (Å²) in [5.41, 5.74) is 2.17. The molecule has 5 rings (SSSR count). The van der Waals surface area contributed by atoms with Gasteiger partial charge in [-0.15, -0.1) is 11.3 Å². The van der Waals surface area contributed by atoms with Gasteiger partial charge in [0.05, 0.1) is 12.1 Å². The molecule has 4 aliphatic carbocycles. The molecule has 1 aromatic heterocycles. The van der Waals surface area contributed by atoms with Crippen molar-refractivity contribution in [3.63, 3.8) is 0 Å². The van der Waals surface area contributed by atoms with Gasteiger partial charge >= 0.3 is 6.09 Å². The van der Waals surface area contributed by atoms with E-state index in [0.717, 1.165) is 24.7 Å². The van der Waals surface area contributed by atoms with Crippen LogP contribution in [-0.4, -0.2) is 33.8 Å². The first-order chi connectivity index (χ1) is 11.5. The highest BCUT2D eigenvalue weighted by molar-refractivity contribution is 7.14. The summed E-state index contributed by atoms with van der Waals surface area (Å²) < 4.78 is 0. The van der Waals surface area contributed by atoms with E-state index >= 15 is 0 Å². The molecule has 130 valence electrons. The van der Waals surface area contributed by atoms with Crippen molar-refractivity contribution >= 4 is 28.5 Å². The van der Waals surface area contributed by atoms with E-state index in [9.17, 15) is 14.7 Å². The zero-order valence-corrected chi connectivity index (χ0v) is 14.1. The van der Waals surface area contributed by atoms with Crippen molar-refractivity contribution in [2.45, 2.75) is 38.5 Å². The molecule has 0 aromatic carbocycles. The van der Waals surface area contributed by atoms with Gasteiger partial charge in [0.2, 0.25) is 5.91 Å². The van der Waals surface area contributed by atoms with Crippen molar-refractivity contribution in [1.82, 2.24) is 10.5 Å². The van der Waals surface area contributed by atoms with Crippen LogP contribution in [0.5, 0.6) is 0 Å². The van der Waals surface area contributed by atoms with Crippen LogP contribution in [0.4, 0.5) is 9.93 Å². The van der Waals surface area contributed by atoms with Crippen molar-refractivity contribution in [3.8, 4) is 0 Å². The van der Waals surface area contributed by atoms with Crippen LogP contribution in [0.15, 0.2) is 5.38 Å². The van der Waals surface area contributed by atoms with Crippen LogP contribution in [0.2, 0.25) is 0 Å². The fourth-order valence-electron chi connectivity index (χ4n) is 5.46. The highest BCUT2D eigenvalue weighted by atomic mass is 32.1. The van der Waals surface area contributed by atoms with Crippen LogP contribution in [0, 0.1) is 23.2 Å². The summed E-state index contributed by atoms with van der Waals surface area (Å²) in [4.78, 5) is 28.7. The number of nitrogens with one attached hydrogen (secondary N) is 1. The number of nitrogens with zero attached hydrogens (tertiary/aromatic N) is 2. The summed E-state index contributed by atoms with van der Waals surface area (Å²) in [6.45, 7) is 0.513. The van der Waals surface area contributed by atoms with Crippen molar-refractivity contribution in [1.29, 1.82) is 0 Å². The molecule has 24 heavy (non-hydrogen) atoms. The van der Waals surface area contributed by atoms with Crippen LogP contribution in [-0.2, 0) is 11.2 Å². The molecule has 4 bridgehead atoms. The first-order valence-corrected chi connectivity index (χ1v) is 9.25. The Morgan fingerprint density at radius 3 is 2.67 bits per heavy atom. The van der Waals surface area contributed by atoms with E-state index in [2.05, 4.69) is 4.98 Å². The van der Waals surface area contributed by atoms with Crippen LogP contribution >= 0.6 is 11.3 Å². The molecule has 8 heteroatoms. The van der Waals surface area contributed by atoms with Crippen molar-refractivity contribution < 1.29 is 19.9 Å². The third kappa shape index (κ3) is 2.57. The number of carbonyl (C=O) groups excluding carboxylic acids is 1. The Hall–Kier alpha value is -1.67. The lowest BCUT2D eigenvalue weighted by atomic mass is 9.75. The Balaban J connectivity index is 1.53. The van der Waals surface area contributed by atoms with Gasteiger partial charge in [-0.2, -0.15) is 0 Å². The molecule has 2 amide bonds. The summed E-state index contributed by atoms with van der Waals surface area (Å²) in [6.07, 6.45) is 5.07. The average molecular weight is 351 g/mol. The zero-order valence-electron chi connectivity index (χ0n) is 13.3. The lowest BCUT2D eigenvalue weighted by molar-refractivity contribution is -0.128. The molecular weight excluding hydrogens is 330 g/mol. The molecule has 7 nitrogen and oxygen atoms in total. The van der Waals surface area contributed by atoms with Gasteiger partial charge in [-0.05, 0) is 55.3 Å². The quantitative estimate of drug-likeness (QED) is 0.559. The van der Waals surface area contributed by atoms with Gasteiger partial charge in [0.15, 0.2) is 5.13 Å². The van der Waals surface area contributed by atoms with Crippen molar-refractivity contribution in [2.75, 3.05) is 11.4 Å². The van der Waals surface area contributed by atoms with Crippen molar-refractivity contribution in [3.05, 3.63) is 11.1 Å². The van der Waals surface area contributed by atoms with E-state index in [1.165, 1.54) is 35.5 Å².